The summed E-state index contributed by atoms with van der Waals surface area (Å²) >= 11 is 6.09. The molecule has 1 aliphatic heterocycles. The number of halogens is 2. The smallest absolute Gasteiger partial charge is 0.251 e. The topological polar surface area (TPSA) is 89.1 Å². The minimum absolute atomic E-state index is 0.0221. The Morgan fingerprint density at radius 3 is 2.64 bits per heavy atom. The van der Waals surface area contributed by atoms with Crippen LogP contribution in [0, 0.1) is 5.82 Å². The van der Waals surface area contributed by atoms with Crippen LogP contribution in [0.15, 0.2) is 77.4 Å². The van der Waals surface area contributed by atoms with E-state index in [1.54, 1.807) is 52.2 Å². The van der Waals surface area contributed by atoms with Gasteiger partial charge in [-0.3, -0.25) is 9.69 Å². The van der Waals surface area contributed by atoms with Crippen LogP contribution in [0.2, 0.25) is 5.02 Å². The summed E-state index contributed by atoms with van der Waals surface area (Å²) in [6, 6.07) is 16.6. The standard InChI is InChI=1S/C23H18ClFN6O2/c24-17-7-3-15(4-8-17)20-12-21(16-5-9-18(25)10-6-16)31-23(27-28-29-31)30(20)14-22(32)26-13-19-2-1-11-33-19/h1-12,21H,13-14H2,(H,26,32). The summed E-state index contributed by atoms with van der Waals surface area (Å²) in [5.74, 6) is 0.478. The normalized spacial score (nSPS) is 15.2. The predicted molar refractivity (Wildman–Crippen MR) is 120 cm³/mol. The van der Waals surface area contributed by atoms with Crippen LogP contribution in [-0.4, -0.2) is 32.7 Å². The molecular formula is C23H18ClFN6O2. The van der Waals surface area contributed by atoms with E-state index in [9.17, 15) is 9.18 Å². The molecule has 0 saturated heterocycles. The molecule has 1 N–H and O–H groups in total. The third kappa shape index (κ3) is 4.35. The Bertz CT molecular complexity index is 1290. The highest BCUT2D eigenvalue weighted by Crippen LogP contribution is 2.36. The van der Waals surface area contributed by atoms with Gasteiger partial charge in [-0.15, -0.1) is 0 Å². The van der Waals surface area contributed by atoms with Crippen LogP contribution in [0.25, 0.3) is 5.70 Å². The van der Waals surface area contributed by atoms with Gasteiger partial charge in [0.2, 0.25) is 5.91 Å². The molecule has 1 unspecified atom stereocenters. The van der Waals surface area contributed by atoms with Gasteiger partial charge in [0.25, 0.3) is 5.95 Å². The molecule has 166 valence electrons. The summed E-state index contributed by atoms with van der Waals surface area (Å²) in [4.78, 5) is 14.5. The lowest BCUT2D eigenvalue weighted by Gasteiger charge is -2.32. The fourth-order valence-corrected chi connectivity index (χ4v) is 3.81. The van der Waals surface area contributed by atoms with Crippen LogP contribution >= 0.6 is 11.6 Å². The van der Waals surface area contributed by atoms with Crippen molar-refractivity contribution in [2.45, 2.75) is 12.6 Å². The Kier molecular flexibility index (Phi) is 5.62. The van der Waals surface area contributed by atoms with Crippen LogP contribution in [0.4, 0.5) is 10.3 Å². The molecule has 0 bridgehead atoms. The van der Waals surface area contributed by atoms with E-state index in [-0.39, 0.29) is 30.9 Å². The Balaban J connectivity index is 1.50. The zero-order valence-electron chi connectivity index (χ0n) is 17.2. The highest BCUT2D eigenvalue weighted by molar-refractivity contribution is 6.30. The van der Waals surface area contributed by atoms with Gasteiger partial charge in [-0.2, -0.15) is 4.68 Å². The van der Waals surface area contributed by atoms with Crippen LogP contribution in [-0.2, 0) is 11.3 Å². The number of amides is 1. The van der Waals surface area contributed by atoms with Crippen molar-refractivity contribution in [2.75, 3.05) is 11.4 Å². The average Bonchev–Trinajstić information content (AvgIpc) is 3.52. The molecule has 0 aliphatic carbocycles. The van der Waals surface area contributed by atoms with E-state index in [1.165, 1.54) is 12.1 Å². The number of fused-ring (bicyclic) bond motifs is 1. The van der Waals surface area contributed by atoms with Crippen molar-refractivity contribution in [1.82, 2.24) is 25.5 Å². The first-order valence-corrected chi connectivity index (χ1v) is 10.5. The number of furan rings is 1. The quantitative estimate of drug-likeness (QED) is 0.466. The summed E-state index contributed by atoms with van der Waals surface area (Å²) in [5.41, 5.74) is 2.37. The van der Waals surface area contributed by atoms with E-state index < -0.39 is 0 Å². The highest BCUT2D eigenvalue weighted by atomic mass is 35.5. The van der Waals surface area contributed by atoms with E-state index in [4.69, 9.17) is 16.0 Å². The lowest BCUT2D eigenvalue weighted by atomic mass is 10.0. The van der Waals surface area contributed by atoms with E-state index >= 15 is 0 Å². The number of tetrazole rings is 1. The Morgan fingerprint density at radius 1 is 1.12 bits per heavy atom. The van der Waals surface area contributed by atoms with Crippen molar-refractivity contribution in [3.63, 3.8) is 0 Å². The lowest BCUT2D eigenvalue weighted by Crippen LogP contribution is -2.39. The molecule has 2 aromatic heterocycles. The number of allylic oxidation sites excluding steroid dienone is 1. The van der Waals surface area contributed by atoms with Crippen LogP contribution in [0.1, 0.15) is 22.9 Å². The third-order valence-electron chi connectivity index (χ3n) is 5.28. The van der Waals surface area contributed by atoms with Gasteiger partial charge in [-0.25, -0.2) is 4.39 Å². The van der Waals surface area contributed by atoms with Gasteiger partial charge in [-0.05, 0) is 64.0 Å². The summed E-state index contributed by atoms with van der Waals surface area (Å²) < 4.78 is 20.4. The molecule has 1 amide bonds. The molecule has 0 saturated carbocycles. The fraction of sp³-hybridized carbons (Fsp3) is 0.130. The Morgan fingerprint density at radius 2 is 1.91 bits per heavy atom. The van der Waals surface area contributed by atoms with Crippen molar-refractivity contribution in [3.8, 4) is 0 Å². The van der Waals surface area contributed by atoms with Crippen molar-refractivity contribution >= 4 is 29.2 Å². The molecule has 33 heavy (non-hydrogen) atoms. The van der Waals surface area contributed by atoms with Gasteiger partial charge in [0.1, 0.15) is 24.2 Å². The first-order valence-electron chi connectivity index (χ1n) is 10.2. The second-order valence-electron chi connectivity index (χ2n) is 7.42. The van der Waals surface area contributed by atoms with Gasteiger partial charge in [0.15, 0.2) is 0 Å². The lowest BCUT2D eigenvalue weighted by molar-refractivity contribution is -0.119. The van der Waals surface area contributed by atoms with Gasteiger partial charge in [-0.1, -0.05) is 41.0 Å². The molecule has 0 radical (unpaired) electrons. The monoisotopic (exact) mass is 464 g/mol. The molecule has 2 aromatic carbocycles. The molecule has 8 nitrogen and oxygen atoms in total. The predicted octanol–water partition coefficient (Wildman–Crippen LogP) is 3.83. The van der Waals surface area contributed by atoms with Gasteiger partial charge < -0.3 is 9.73 Å². The van der Waals surface area contributed by atoms with Crippen molar-refractivity contribution in [1.29, 1.82) is 0 Å². The number of nitrogens with one attached hydrogen (secondary N) is 1. The fourth-order valence-electron chi connectivity index (χ4n) is 3.69. The number of hydrogen-bond acceptors (Lipinski definition) is 6. The number of carbonyl (C=O) groups is 1. The maximum absolute atomic E-state index is 13.5. The molecule has 0 spiro atoms. The Hall–Kier alpha value is -3.98. The van der Waals surface area contributed by atoms with Crippen LogP contribution in [0.5, 0.6) is 0 Å². The maximum atomic E-state index is 13.5. The number of hydrogen-bond donors (Lipinski definition) is 1. The zero-order valence-corrected chi connectivity index (χ0v) is 18.0. The van der Waals surface area contributed by atoms with Gasteiger partial charge in [0, 0.05) is 5.02 Å². The number of nitrogens with zero attached hydrogens (tertiary/aromatic N) is 5. The number of aromatic nitrogens is 4. The summed E-state index contributed by atoms with van der Waals surface area (Å²) in [7, 11) is 0. The largest absolute Gasteiger partial charge is 0.467 e. The second-order valence-corrected chi connectivity index (χ2v) is 7.86. The molecule has 10 heteroatoms. The highest BCUT2D eigenvalue weighted by Gasteiger charge is 2.32. The first kappa shape index (κ1) is 20.9. The first-order chi connectivity index (χ1) is 16.1. The maximum Gasteiger partial charge on any atom is 0.251 e. The summed E-state index contributed by atoms with van der Waals surface area (Å²) in [5, 5.41) is 15.6. The average molecular weight is 465 g/mol. The third-order valence-corrected chi connectivity index (χ3v) is 5.53. The Labute approximate surface area is 193 Å². The van der Waals surface area contributed by atoms with Crippen LogP contribution < -0.4 is 10.2 Å². The number of anilines is 1. The molecule has 1 atom stereocenters. The second kappa shape index (κ2) is 8.87. The number of benzene rings is 2. The molecular weight excluding hydrogens is 447 g/mol. The number of rotatable bonds is 6. The van der Waals surface area contributed by atoms with Crippen molar-refractivity contribution in [3.05, 3.63) is 101 Å². The molecule has 1 aliphatic rings. The molecule has 3 heterocycles. The number of carbonyl (C=O) groups excluding carboxylic acids is 1. The molecule has 0 fully saturated rings. The molecule has 4 aromatic rings. The van der Waals surface area contributed by atoms with Crippen molar-refractivity contribution in [2.24, 2.45) is 0 Å². The van der Waals surface area contributed by atoms with E-state index in [0.717, 1.165) is 16.8 Å². The minimum atomic E-state index is -0.385. The van der Waals surface area contributed by atoms with Crippen LogP contribution in [0.3, 0.4) is 0 Å². The van der Waals surface area contributed by atoms with Gasteiger partial charge in [0.05, 0.1) is 18.5 Å². The SMILES string of the molecule is O=C(CN1C(c2ccc(Cl)cc2)=CC(c2ccc(F)cc2)n2nnnc21)NCc1ccco1. The minimum Gasteiger partial charge on any atom is -0.467 e. The van der Waals surface area contributed by atoms with Gasteiger partial charge >= 0.3 is 0 Å². The van der Waals surface area contributed by atoms with E-state index in [2.05, 4.69) is 20.8 Å². The summed E-state index contributed by atoms with van der Waals surface area (Å²) in [6.45, 7) is 0.245. The molecule has 5 rings (SSSR count). The van der Waals surface area contributed by atoms with E-state index in [0.29, 0.717) is 16.7 Å². The van der Waals surface area contributed by atoms with E-state index in [1.807, 2.05) is 18.2 Å². The summed E-state index contributed by atoms with van der Waals surface area (Å²) in [6.07, 6.45) is 3.50. The zero-order chi connectivity index (χ0) is 22.8. The van der Waals surface area contributed by atoms with Crippen molar-refractivity contribution < 1.29 is 13.6 Å².